The van der Waals surface area contributed by atoms with Crippen LogP contribution in [0.1, 0.15) is 51.7 Å². The Bertz CT molecular complexity index is 1470. The monoisotopic (exact) mass is 700 g/mol. The van der Waals surface area contributed by atoms with Crippen molar-refractivity contribution in [1.82, 2.24) is 30.7 Å². The predicted octanol–water partition coefficient (Wildman–Crippen LogP) is 1.26. The number of rotatable bonds is 4. The number of carbonyl (C=O) groups excluding carboxylic acids is 5. The SMILES string of the molecule is CC(C)C1NC(=O)[C@H](C)N(C)C(=O)[C@H]([C@@H](C)O)NC(=O)COc2cccc(c2)CC2(CCN(C(=O)Cc3cccnc3)CC2)CNC1=O.Cl. The first-order chi connectivity index (χ1) is 22.8. The first-order valence-electron chi connectivity index (χ1n) is 16.5. The van der Waals surface area contributed by atoms with E-state index in [0.29, 0.717) is 44.6 Å². The van der Waals surface area contributed by atoms with Crippen LogP contribution in [0.5, 0.6) is 5.75 Å². The Kier molecular flexibility index (Phi) is 14.0. The molecule has 4 N–H and O–H groups in total. The number of aliphatic hydroxyl groups excluding tert-OH is 1. The normalized spacial score (nSPS) is 23.1. The number of fused-ring (bicyclic) bond motifs is 2. The summed E-state index contributed by atoms with van der Waals surface area (Å²) in [6.07, 6.45) is 4.20. The summed E-state index contributed by atoms with van der Waals surface area (Å²) in [5, 5.41) is 18.8. The topological polar surface area (TPSA) is 170 Å². The molecule has 1 spiro atoms. The number of halogens is 1. The van der Waals surface area contributed by atoms with E-state index in [1.807, 2.05) is 49.1 Å². The fraction of sp³-hybridized carbons (Fsp3) is 0.543. The largest absolute Gasteiger partial charge is 0.484 e. The van der Waals surface area contributed by atoms with Gasteiger partial charge in [0.25, 0.3) is 5.91 Å². The molecule has 0 aliphatic carbocycles. The van der Waals surface area contributed by atoms with E-state index in [4.69, 9.17) is 4.74 Å². The van der Waals surface area contributed by atoms with Gasteiger partial charge in [-0.25, -0.2) is 0 Å². The van der Waals surface area contributed by atoms with E-state index in [-0.39, 0.29) is 36.6 Å². The molecule has 3 heterocycles. The Morgan fingerprint density at radius 1 is 1.04 bits per heavy atom. The van der Waals surface area contributed by atoms with E-state index in [0.717, 1.165) is 16.0 Å². The Balaban J connectivity index is 0.00000650. The zero-order valence-corrected chi connectivity index (χ0v) is 29.6. The van der Waals surface area contributed by atoms with Gasteiger partial charge in [-0.2, -0.15) is 0 Å². The van der Waals surface area contributed by atoms with Crippen molar-refractivity contribution in [3.63, 3.8) is 0 Å². The average Bonchev–Trinajstić information content (AvgIpc) is 3.06. The molecule has 0 radical (unpaired) electrons. The zero-order chi connectivity index (χ0) is 35.0. The van der Waals surface area contributed by atoms with Gasteiger partial charge in [-0.15, -0.1) is 12.4 Å². The summed E-state index contributed by atoms with van der Waals surface area (Å²) >= 11 is 0. The molecule has 1 unspecified atom stereocenters. The number of likely N-dealkylation sites (N-methyl/N-ethyl adjacent to an activating group) is 1. The fourth-order valence-electron chi connectivity index (χ4n) is 6.15. The van der Waals surface area contributed by atoms with Gasteiger partial charge in [0.2, 0.25) is 23.6 Å². The second-order valence-corrected chi connectivity index (χ2v) is 13.4. The third-order valence-electron chi connectivity index (χ3n) is 9.36. The summed E-state index contributed by atoms with van der Waals surface area (Å²) in [6.45, 7) is 7.48. The number of carbonyl (C=O) groups is 5. The molecule has 2 aliphatic heterocycles. The van der Waals surface area contributed by atoms with E-state index in [1.165, 1.54) is 20.9 Å². The zero-order valence-electron chi connectivity index (χ0n) is 28.8. The second-order valence-electron chi connectivity index (χ2n) is 13.4. The molecule has 4 rings (SSSR count). The molecule has 4 atom stereocenters. The minimum atomic E-state index is -1.32. The molecule has 1 saturated heterocycles. The molecule has 2 bridgehead atoms. The lowest BCUT2D eigenvalue weighted by Crippen LogP contribution is -2.59. The number of amides is 5. The Morgan fingerprint density at radius 3 is 2.39 bits per heavy atom. The molecule has 2 aromatic rings. The molecule has 268 valence electrons. The molecule has 0 saturated carbocycles. The summed E-state index contributed by atoms with van der Waals surface area (Å²) in [7, 11) is 1.40. The van der Waals surface area contributed by atoms with E-state index < -0.39 is 54.0 Å². The van der Waals surface area contributed by atoms with Crippen LogP contribution < -0.4 is 20.7 Å². The summed E-state index contributed by atoms with van der Waals surface area (Å²) in [6, 6.07) is 7.83. The number of nitrogens with zero attached hydrogens (tertiary/aromatic N) is 3. The van der Waals surface area contributed by atoms with Gasteiger partial charge in [0.15, 0.2) is 6.61 Å². The highest BCUT2D eigenvalue weighted by Crippen LogP contribution is 2.36. The summed E-state index contributed by atoms with van der Waals surface area (Å²) in [5.74, 6) is -1.98. The van der Waals surface area contributed by atoms with Crippen LogP contribution in [-0.4, -0.2) is 107 Å². The number of aromatic nitrogens is 1. The van der Waals surface area contributed by atoms with Crippen molar-refractivity contribution >= 4 is 41.9 Å². The van der Waals surface area contributed by atoms with Crippen molar-refractivity contribution in [1.29, 1.82) is 0 Å². The Labute approximate surface area is 293 Å². The molecule has 1 fully saturated rings. The average molecular weight is 701 g/mol. The van der Waals surface area contributed by atoms with Crippen molar-refractivity contribution in [3.8, 4) is 5.75 Å². The van der Waals surface area contributed by atoms with Crippen LogP contribution in [0.3, 0.4) is 0 Å². The molecule has 1 aromatic heterocycles. The van der Waals surface area contributed by atoms with Crippen LogP contribution in [0.4, 0.5) is 0 Å². The molecule has 5 amide bonds. The quantitative estimate of drug-likeness (QED) is 0.370. The Hall–Kier alpha value is -4.23. The standard InChI is InChI=1S/C35H48N6O7.ClH/c1-22(2)30-33(46)37-21-35(11-14-41(15-12-35)29(44)17-26-9-7-13-36-19-26)18-25-8-6-10-27(16-25)48-20-28(43)38-31(24(4)42)34(47)40(5)23(3)32(45)39-30;/h6-10,13,16,19,22-24,30-31,42H,11-12,14-15,17-18,20-21H2,1-5H3,(H,37,46)(H,38,43)(H,39,45);1H/t23-,24+,30?,31-;/m0./s1. The summed E-state index contributed by atoms with van der Waals surface area (Å²) < 4.78 is 5.78. The van der Waals surface area contributed by atoms with Crippen molar-refractivity contribution < 1.29 is 33.8 Å². The lowest BCUT2D eigenvalue weighted by Gasteiger charge is -2.42. The van der Waals surface area contributed by atoms with E-state index >= 15 is 0 Å². The molecule has 1 aromatic carbocycles. The highest BCUT2D eigenvalue weighted by Gasteiger charge is 2.39. The maximum absolute atomic E-state index is 13.7. The summed E-state index contributed by atoms with van der Waals surface area (Å²) in [5.41, 5.74) is 1.37. The molecular weight excluding hydrogens is 652 g/mol. The van der Waals surface area contributed by atoms with Crippen molar-refractivity contribution in [2.75, 3.05) is 33.3 Å². The number of hydrogen-bond donors (Lipinski definition) is 4. The minimum absolute atomic E-state index is 0. The lowest BCUT2D eigenvalue weighted by molar-refractivity contribution is -0.144. The minimum Gasteiger partial charge on any atom is -0.484 e. The van der Waals surface area contributed by atoms with Crippen LogP contribution in [0, 0.1) is 11.3 Å². The van der Waals surface area contributed by atoms with Crippen LogP contribution in [0.15, 0.2) is 48.8 Å². The third kappa shape index (κ3) is 10.4. The van der Waals surface area contributed by atoms with Crippen molar-refractivity contribution in [2.45, 2.75) is 77.6 Å². The van der Waals surface area contributed by atoms with Crippen LogP contribution >= 0.6 is 12.4 Å². The lowest BCUT2D eigenvalue weighted by atomic mass is 9.73. The van der Waals surface area contributed by atoms with Crippen molar-refractivity contribution in [2.24, 2.45) is 11.3 Å². The maximum atomic E-state index is 13.7. The highest BCUT2D eigenvalue weighted by molar-refractivity contribution is 5.94. The van der Waals surface area contributed by atoms with Gasteiger partial charge in [-0.1, -0.05) is 32.0 Å². The summed E-state index contributed by atoms with van der Waals surface area (Å²) in [4.78, 5) is 73.4. The first-order valence-corrected chi connectivity index (χ1v) is 16.5. The number of benzene rings is 1. The van der Waals surface area contributed by atoms with E-state index in [9.17, 15) is 29.1 Å². The van der Waals surface area contributed by atoms with E-state index in [1.54, 1.807) is 18.5 Å². The predicted molar refractivity (Wildman–Crippen MR) is 185 cm³/mol. The maximum Gasteiger partial charge on any atom is 0.258 e. The molecule has 2 aliphatic rings. The van der Waals surface area contributed by atoms with Gasteiger partial charge in [-0.05, 0) is 73.8 Å². The third-order valence-corrected chi connectivity index (χ3v) is 9.36. The molecule has 49 heavy (non-hydrogen) atoms. The molecular formula is C35H49ClN6O7. The molecule has 13 nitrogen and oxygen atoms in total. The van der Waals surface area contributed by atoms with Gasteiger partial charge >= 0.3 is 0 Å². The van der Waals surface area contributed by atoms with Crippen LogP contribution in [-0.2, 0) is 36.8 Å². The number of hydrogen-bond acceptors (Lipinski definition) is 8. The number of pyridine rings is 1. The van der Waals surface area contributed by atoms with Crippen molar-refractivity contribution in [3.05, 3.63) is 59.9 Å². The van der Waals surface area contributed by atoms with Gasteiger partial charge in [0.1, 0.15) is 23.9 Å². The smallest absolute Gasteiger partial charge is 0.258 e. The van der Waals surface area contributed by atoms with Gasteiger partial charge in [-0.3, -0.25) is 29.0 Å². The van der Waals surface area contributed by atoms with Gasteiger partial charge < -0.3 is 35.6 Å². The molecule has 14 heteroatoms. The number of piperidine rings is 1. The van der Waals surface area contributed by atoms with Crippen LogP contribution in [0.2, 0.25) is 0 Å². The number of aliphatic hydroxyl groups is 1. The highest BCUT2D eigenvalue weighted by atomic mass is 35.5. The number of ether oxygens (including phenoxy) is 1. The van der Waals surface area contributed by atoms with Gasteiger partial charge in [0.05, 0.1) is 12.5 Å². The van der Waals surface area contributed by atoms with Gasteiger partial charge in [0, 0.05) is 39.1 Å². The Morgan fingerprint density at radius 2 is 1.76 bits per heavy atom. The number of likely N-dealkylation sites (tertiary alicyclic amines) is 1. The van der Waals surface area contributed by atoms with E-state index in [2.05, 4.69) is 20.9 Å². The first kappa shape index (κ1) is 39.2. The fourth-order valence-corrected chi connectivity index (χ4v) is 6.15. The number of nitrogens with one attached hydrogen (secondary N) is 3. The van der Waals surface area contributed by atoms with Crippen LogP contribution in [0.25, 0.3) is 0 Å². The second kappa shape index (κ2) is 17.4.